The van der Waals surface area contributed by atoms with E-state index < -0.39 is 27.4 Å². The van der Waals surface area contributed by atoms with E-state index in [2.05, 4.69) is 13.5 Å². The van der Waals surface area contributed by atoms with Crippen LogP contribution in [0.25, 0.3) is 0 Å². The van der Waals surface area contributed by atoms with E-state index in [1.54, 1.807) is 0 Å². The molecule has 10 nitrogen and oxygen atoms in total. The Morgan fingerprint density at radius 3 is 0.828 bits per heavy atom. The van der Waals surface area contributed by atoms with Crippen LogP contribution in [0.1, 0.15) is 41.5 Å². The van der Waals surface area contributed by atoms with Gasteiger partial charge in [0, 0.05) is 0 Å². The second kappa shape index (κ2) is 33.7. The van der Waals surface area contributed by atoms with Crippen LogP contribution in [0.5, 0.6) is 0 Å². The van der Waals surface area contributed by atoms with Gasteiger partial charge in [0.25, 0.3) is 0 Å². The third kappa shape index (κ3) is 58.6. The minimum absolute atomic E-state index is 0. The van der Waals surface area contributed by atoms with Gasteiger partial charge in [-0.3, -0.25) is 0 Å². The van der Waals surface area contributed by atoms with Crippen LogP contribution in [0, 0.1) is 17.2 Å². The molecule has 0 radical (unpaired) electrons. The summed E-state index contributed by atoms with van der Waals surface area (Å²) < 4.78 is 64.8. The van der Waals surface area contributed by atoms with Crippen LogP contribution in [0.15, 0.2) is 12.7 Å². The van der Waals surface area contributed by atoms with E-state index >= 15 is 0 Å². The molecule has 0 amide bonds. The molecule has 0 heterocycles. The fourth-order valence-corrected chi connectivity index (χ4v) is 2.57. The molecule has 0 N–H and O–H groups in total. The summed E-state index contributed by atoms with van der Waals surface area (Å²) in [4.78, 5) is 0. The van der Waals surface area contributed by atoms with Gasteiger partial charge in [0.05, 0.1) is 39.6 Å². The molecule has 182 valence electrons. The Labute approximate surface area is 194 Å². The molecule has 0 aromatic carbocycles. The quantitative estimate of drug-likeness (QED) is 0.186. The van der Waals surface area contributed by atoms with Crippen LogP contribution >= 0.6 is 17.2 Å². The average Bonchev–Trinajstić information content (AvgIpc) is 2.56. The van der Waals surface area contributed by atoms with Crippen molar-refractivity contribution in [3.05, 3.63) is 19.6 Å². The van der Waals surface area contributed by atoms with Crippen molar-refractivity contribution in [3.8, 4) is 0 Å². The Morgan fingerprint density at radius 2 is 0.759 bits per heavy atom. The molecule has 0 aliphatic rings. The summed E-state index contributed by atoms with van der Waals surface area (Å²) in [5, 5.41) is 0. The summed E-state index contributed by atoms with van der Waals surface area (Å²) in [6, 6.07) is 0. The predicted molar refractivity (Wildman–Crippen MR) is 99.2 cm³/mol. The summed E-state index contributed by atoms with van der Waals surface area (Å²) in [7, 11) is -7.07. The topological polar surface area (TPSA) is 148 Å². The zero-order valence-electron chi connectivity index (χ0n) is 17.9. The van der Waals surface area contributed by atoms with Gasteiger partial charge in [0.1, 0.15) is 0 Å². The number of hydrogen-bond acceptors (Lipinski definition) is 10. The van der Waals surface area contributed by atoms with Gasteiger partial charge in [0.15, 0.2) is 0 Å². The molecule has 0 saturated heterocycles. The monoisotopic (exact) mass is 578 g/mol. The van der Waals surface area contributed by atoms with Crippen molar-refractivity contribution < 1.29 is 76.4 Å². The minimum Gasteiger partial charge on any atom is -0.313 e. The molecule has 0 bridgehead atoms. The van der Waals surface area contributed by atoms with Gasteiger partial charge < -0.3 is 27.1 Å². The summed E-state index contributed by atoms with van der Waals surface area (Å²) in [6.07, 6.45) is 1.50. The molecule has 0 atom stereocenters. The molecule has 29 heavy (non-hydrogen) atoms. The largest absolute Gasteiger partial charge is 2.00 e. The molecule has 0 aliphatic heterocycles. The minimum atomic E-state index is -4.94. The first-order valence-corrected chi connectivity index (χ1v) is 11.9. The van der Waals surface area contributed by atoms with Gasteiger partial charge >= 0.3 is 37.6 Å². The van der Waals surface area contributed by atoms with Crippen LogP contribution < -0.4 is 18.6 Å². The van der Waals surface area contributed by atoms with Gasteiger partial charge in [-0.1, -0.05) is 0 Å². The van der Waals surface area contributed by atoms with Crippen LogP contribution in [-0.4, -0.2) is 39.6 Å². The molecule has 0 aromatic rings. The van der Waals surface area contributed by atoms with Gasteiger partial charge in [-0.25, -0.2) is 38.2 Å². The van der Waals surface area contributed by atoms with Crippen LogP contribution in [0.2, 0.25) is 0 Å². The standard InChI is InChI=1S/2C6H15O3P.C3H5.ClHO4.Pd/c2*1-4-7-10(8-5-2)9-6-3;1-3-2;2-1(3,4)5;/h2*4-6H2,1-3H3;3H,1-2H2;(H,2,3,4,5);/q;;-1;;+2/p-1. The molecular weight excluding hydrogens is 544 g/mol. The third-order valence-corrected chi connectivity index (χ3v) is 4.22. The summed E-state index contributed by atoms with van der Waals surface area (Å²) in [6.45, 7) is 21.9. The van der Waals surface area contributed by atoms with Crippen molar-refractivity contribution >= 4 is 17.2 Å². The van der Waals surface area contributed by atoms with Crippen molar-refractivity contribution in [2.75, 3.05) is 39.6 Å². The summed E-state index contributed by atoms with van der Waals surface area (Å²) in [5.41, 5.74) is 0. The van der Waals surface area contributed by atoms with Crippen molar-refractivity contribution in [2.24, 2.45) is 0 Å². The second-order valence-corrected chi connectivity index (χ2v) is 6.82. The van der Waals surface area contributed by atoms with Crippen LogP contribution in [0.4, 0.5) is 0 Å². The zero-order chi connectivity index (χ0) is 22.8. The Hall–Kier alpha value is 1.02. The number of rotatable bonds is 12. The first-order chi connectivity index (χ1) is 13.1. The van der Waals surface area contributed by atoms with E-state index in [1.165, 1.54) is 6.08 Å². The van der Waals surface area contributed by atoms with Gasteiger partial charge in [-0.15, -0.1) is 10.2 Å². The third-order valence-electron chi connectivity index (χ3n) is 1.41. The molecule has 0 saturated carbocycles. The number of allylic oxidation sites excluding steroid dienone is 1. The first-order valence-electron chi connectivity index (χ1n) is 8.50. The van der Waals surface area contributed by atoms with E-state index in [-0.39, 0.29) is 20.4 Å². The van der Waals surface area contributed by atoms with E-state index in [0.29, 0.717) is 39.6 Å². The molecule has 0 aliphatic carbocycles. The van der Waals surface area contributed by atoms with E-state index in [1.807, 2.05) is 41.5 Å². The Balaban J connectivity index is -0.0000000953. The Bertz CT molecular complexity index is 240. The van der Waals surface area contributed by atoms with E-state index in [0.717, 1.165) is 0 Å². The fraction of sp³-hybridized carbons (Fsp3) is 0.800. The van der Waals surface area contributed by atoms with Crippen LogP contribution in [0.3, 0.4) is 0 Å². The number of hydrogen-bond donors (Lipinski definition) is 0. The molecule has 0 fully saturated rings. The van der Waals surface area contributed by atoms with Crippen molar-refractivity contribution in [1.29, 1.82) is 0 Å². The van der Waals surface area contributed by atoms with Gasteiger partial charge in [-0.05, 0) is 41.5 Å². The smallest absolute Gasteiger partial charge is 0.313 e. The molecule has 0 aromatic heterocycles. The zero-order valence-corrected chi connectivity index (χ0v) is 22.0. The fourth-order valence-electron chi connectivity index (χ4n) is 0.856. The second-order valence-electron chi connectivity index (χ2n) is 3.62. The van der Waals surface area contributed by atoms with E-state index in [9.17, 15) is 0 Å². The summed E-state index contributed by atoms with van der Waals surface area (Å²) >= 11 is 0. The SMILES string of the molecule is C=C[CH2-].CCOP(OCC)OCC.CCOP(OCC)OCC.[O-][Cl+3]([O-])([O-])[O-].[Pd+2]. The maximum absolute atomic E-state index is 8.49. The first kappa shape index (κ1) is 40.4. The maximum Gasteiger partial charge on any atom is 2.00 e. The Kier molecular flexibility index (Phi) is 46.9. The maximum atomic E-state index is 8.49. The normalized spacial score (nSPS) is 9.93. The molecular formula is C15H35ClO10P2Pd. The molecule has 0 spiro atoms. The molecule has 0 rings (SSSR count). The van der Waals surface area contributed by atoms with E-state index in [4.69, 9.17) is 45.8 Å². The van der Waals surface area contributed by atoms with Crippen LogP contribution in [-0.2, 0) is 47.6 Å². The predicted octanol–water partition coefficient (Wildman–Crippen LogP) is 0.894. The molecule has 14 heteroatoms. The van der Waals surface area contributed by atoms with Crippen molar-refractivity contribution in [1.82, 2.24) is 0 Å². The van der Waals surface area contributed by atoms with Crippen molar-refractivity contribution in [2.45, 2.75) is 41.5 Å². The molecule has 0 unspecified atom stereocenters. The van der Waals surface area contributed by atoms with Gasteiger partial charge in [0.2, 0.25) is 0 Å². The average molecular weight is 579 g/mol. The van der Waals surface area contributed by atoms with Crippen molar-refractivity contribution in [3.63, 3.8) is 0 Å². The number of halogens is 1. The summed E-state index contributed by atoms with van der Waals surface area (Å²) in [5.74, 6) is 0. The van der Waals surface area contributed by atoms with Gasteiger partial charge in [-0.2, -0.15) is 0 Å². The Morgan fingerprint density at radius 1 is 0.655 bits per heavy atom.